The van der Waals surface area contributed by atoms with Crippen molar-refractivity contribution in [1.82, 2.24) is 4.98 Å². The average Bonchev–Trinajstić information content (AvgIpc) is 2.98. The van der Waals surface area contributed by atoms with E-state index in [-0.39, 0.29) is 18.3 Å². The van der Waals surface area contributed by atoms with E-state index < -0.39 is 5.41 Å². The summed E-state index contributed by atoms with van der Waals surface area (Å²) in [5.41, 5.74) is 3.54. The molecule has 0 N–H and O–H groups in total. The fraction of sp³-hybridized carbons (Fsp3) is 0.250. The first-order valence-electron chi connectivity index (χ1n) is 9.70. The third kappa shape index (κ3) is 4.03. The highest BCUT2D eigenvalue weighted by atomic mass is 35.5. The number of fused-ring (bicyclic) bond motifs is 1. The first-order chi connectivity index (χ1) is 13.8. The van der Waals surface area contributed by atoms with Crippen molar-refractivity contribution < 1.29 is 4.79 Å². The van der Waals surface area contributed by atoms with Crippen LogP contribution in [-0.2, 0) is 16.6 Å². The van der Waals surface area contributed by atoms with E-state index in [1.165, 1.54) is 0 Å². The third-order valence-electron chi connectivity index (χ3n) is 5.53. The lowest BCUT2D eigenvalue weighted by Crippen LogP contribution is -2.40. The maximum Gasteiger partial charge on any atom is 0.242 e. The number of alkyl halides is 1. The highest BCUT2D eigenvalue weighted by molar-refractivity contribution is 6.17. The number of carbonyl (C=O) groups excluding carboxylic acids is 1. The third-order valence-corrected chi connectivity index (χ3v) is 5.80. The van der Waals surface area contributed by atoms with Gasteiger partial charge in [-0.05, 0) is 60.7 Å². The zero-order valence-electron chi connectivity index (χ0n) is 16.1. The van der Waals surface area contributed by atoms with Gasteiger partial charge in [-0.3, -0.25) is 14.7 Å². The zero-order chi connectivity index (χ0) is 19.4. The molecule has 0 bridgehead atoms. The number of benzene rings is 2. The number of anilines is 2. The van der Waals surface area contributed by atoms with Crippen molar-refractivity contribution in [2.75, 3.05) is 10.8 Å². The van der Waals surface area contributed by atoms with Crippen molar-refractivity contribution in [3.63, 3.8) is 0 Å². The highest BCUT2D eigenvalue weighted by Gasteiger charge is 2.50. The summed E-state index contributed by atoms with van der Waals surface area (Å²) < 4.78 is 0. The summed E-state index contributed by atoms with van der Waals surface area (Å²) in [6.45, 7) is 0. The van der Waals surface area contributed by atoms with Crippen LogP contribution in [0.1, 0.15) is 30.4 Å². The van der Waals surface area contributed by atoms with Gasteiger partial charge in [0.2, 0.25) is 5.91 Å². The Hall–Kier alpha value is -2.36. The van der Waals surface area contributed by atoms with E-state index in [1.807, 2.05) is 59.5 Å². The van der Waals surface area contributed by atoms with Gasteiger partial charge in [0.15, 0.2) is 0 Å². The van der Waals surface area contributed by atoms with Crippen LogP contribution in [0.25, 0.3) is 0 Å². The van der Waals surface area contributed by atoms with Gasteiger partial charge in [0, 0.05) is 24.0 Å². The molecule has 3 nitrogen and oxygen atoms in total. The SMILES string of the molecule is Cl.O=C1N(c2ccccc2)c2ccccc2C1(CCCCCl)Cc1ccncc1. The molecule has 0 aliphatic carbocycles. The predicted molar refractivity (Wildman–Crippen MR) is 121 cm³/mol. The lowest BCUT2D eigenvalue weighted by molar-refractivity contribution is -0.122. The van der Waals surface area contributed by atoms with Crippen molar-refractivity contribution in [3.05, 3.63) is 90.3 Å². The molecule has 1 atom stereocenters. The van der Waals surface area contributed by atoms with Crippen molar-refractivity contribution in [2.45, 2.75) is 31.1 Å². The van der Waals surface area contributed by atoms with Crippen molar-refractivity contribution in [3.8, 4) is 0 Å². The number of nitrogens with zero attached hydrogens (tertiary/aromatic N) is 2. The van der Waals surface area contributed by atoms with E-state index in [0.717, 1.165) is 41.8 Å². The van der Waals surface area contributed by atoms with Gasteiger partial charge < -0.3 is 0 Å². The van der Waals surface area contributed by atoms with Crippen LogP contribution >= 0.6 is 24.0 Å². The minimum atomic E-state index is -0.583. The molecule has 0 saturated heterocycles. The second-order valence-corrected chi connectivity index (χ2v) is 7.63. The van der Waals surface area contributed by atoms with Gasteiger partial charge in [0.1, 0.15) is 0 Å². The molecule has 3 aromatic rings. The quantitative estimate of drug-likeness (QED) is 0.339. The minimum Gasteiger partial charge on any atom is -0.280 e. The van der Waals surface area contributed by atoms with E-state index in [0.29, 0.717) is 12.3 Å². The summed E-state index contributed by atoms with van der Waals surface area (Å²) in [7, 11) is 0. The standard InChI is InChI=1S/C24H23ClN2O.ClH/c25-15-7-6-14-24(18-19-12-16-26-17-13-19)21-10-4-5-11-22(21)27(23(24)28)20-8-2-1-3-9-20;/h1-5,8-13,16-17H,6-7,14-15,18H2;1H. The summed E-state index contributed by atoms with van der Waals surface area (Å²) in [6, 6.07) is 22.1. The number of halogens is 2. The Labute approximate surface area is 183 Å². The first kappa shape index (κ1) is 21.4. The predicted octanol–water partition coefficient (Wildman–Crippen LogP) is 6.07. The smallest absolute Gasteiger partial charge is 0.242 e. The van der Waals surface area contributed by atoms with Crippen LogP contribution in [0.4, 0.5) is 11.4 Å². The van der Waals surface area contributed by atoms with E-state index in [9.17, 15) is 4.79 Å². The Balaban J connectivity index is 0.00000240. The van der Waals surface area contributed by atoms with Gasteiger partial charge in [-0.15, -0.1) is 24.0 Å². The monoisotopic (exact) mass is 426 g/mol. The maximum atomic E-state index is 14.0. The Morgan fingerprint density at radius 3 is 2.31 bits per heavy atom. The fourth-order valence-corrected chi connectivity index (χ4v) is 4.41. The van der Waals surface area contributed by atoms with Crippen molar-refractivity contribution >= 4 is 41.3 Å². The van der Waals surface area contributed by atoms with E-state index in [2.05, 4.69) is 17.1 Å². The Morgan fingerprint density at radius 2 is 1.59 bits per heavy atom. The molecule has 0 saturated carbocycles. The Morgan fingerprint density at radius 1 is 0.897 bits per heavy atom. The number of hydrogen-bond donors (Lipinski definition) is 0. The lowest BCUT2D eigenvalue weighted by Gasteiger charge is -2.29. The topological polar surface area (TPSA) is 33.2 Å². The van der Waals surface area contributed by atoms with E-state index in [4.69, 9.17) is 11.6 Å². The summed E-state index contributed by atoms with van der Waals surface area (Å²) in [6.07, 6.45) is 6.85. The van der Waals surface area contributed by atoms with E-state index >= 15 is 0 Å². The van der Waals surface area contributed by atoms with Crippen LogP contribution in [0.2, 0.25) is 0 Å². The molecule has 2 aromatic carbocycles. The summed E-state index contributed by atoms with van der Waals surface area (Å²) >= 11 is 5.95. The number of hydrogen-bond acceptors (Lipinski definition) is 2. The number of amides is 1. The summed E-state index contributed by atoms with van der Waals surface area (Å²) in [5.74, 6) is 0.759. The number of aromatic nitrogens is 1. The first-order valence-corrected chi connectivity index (χ1v) is 10.2. The molecule has 1 aliphatic heterocycles. The second kappa shape index (κ2) is 9.43. The maximum absolute atomic E-state index is 14.0. The van der Waals surface area contributed by atoms with Gasteiger partial charge in [-0.2, -0.15) is 0 Å². The molecule has 4 rings (SSSR count). The van der Waals surface area contributed by atoms with Crippen LogP contribution in [0.15, 0.2) is 79.1 Å². The molecule has 0 fully saturated rings. The highest BCUT2D eigenvalue weighted by Crippen LogP contribution is 2.49. The lowest BCUT2D eigenvalue weighted by atomic mass is 9.73. The molecule has 1 aromatic heterocycles. The largest absolute Gasteiger partial charge is 0.280 e. The van der Waals surface area contributed by atoms with Gasteiger partial charge in [-0.25, -0.2) is 0 Å². The van der Waals surface area contributed by atoms with Crippen LogP contribution < -0.4 is 4.90 Å². The Kier molecular flexibility index (Phi) is 6.94. The Bertz CT molecular complexity index is 949. The minimum absolute atomic E-state index is 0. The molecule has 2 heterocycles. The second-order valence-electron chi connectivity index (χ2n) is 7.25. The van der Waals surface area contributed by atoms with Crippen molar-refractivity contribution in [1.29, 1.82) is 0 Å². The molecular weight excluding hydrogens is 403 g/mol. The normalized spacial score (nSPS) is 17.7. The molecule has 0 radical (unpaired) electrons. The number of unbranched alkanes of at least 4 members (excludes halogenated alkanes) is 1. The van der Waals surface area contributed by atoms with Crippen LogP contribution in [0.5, 0.6) is 0 Å². The number of carbonyl (C=O) groups is 1. The van der Waals surface area contributed by atoms with Gasteiger partial charge >= 0.3 is 0 Å². The van der Waals surface area contributed by atoms with Crippen LogP contribution in [-0.4, -0.2) is 16.8 Å². The van der Waals surface area contributed by atoms with E-state index in [1.54, 1.807) is 12.4 Å². The van der Waals surface area contributed by atoms with Gasteiger partial charge in [0.25, 0.3) is 0 Å². The van der Waals surface area contributed by atoms with Crippen LogP contribution in [0, 0.1) is 0 Å². The molecule has 5 heteroatoms. The number of para-hydroxylation sites is 2. The summed E-state index contributed by atoms with van der Waals surface area (Å²) in [4.78, 5) is 20.0. The summed E-state index contributed by atoms with van der Waals surface area (Å²) in [5, 5.41) is 0. The van der Waals surface area contributed by atoms with Gasteiger partial charge in [-0.1, -0.05) is 42.8 Å². The zero-order valence-corrected chi connectivity index (χ0v) is 17.7. The molecule has 1 amide bonds. The number of rotatable bonds is 7. The molecule has 1 aliphatic rings. The van der Waals surface area contributed by atoms with Crippen molar-refractivity contribution in [2.24, 2.45) is 0 Å². The average molecular weight is 427 g/mol. The molecular formula is C24H24Cl2N2O. The molecule has 0 spiro atoms. The molecule has 150 valence electrons. The number of pyridine rings is 1. The molecule has 1 unspecified atom stereocenters. The molecule has 29 heavy (non-hydrogen) atoms. The van der Waals surface area contributed by atoms with Crippen LogP contribution in [0.3, 0.4) is 0 Å². The van der Waals surface area contributed by atoms with Gasteiger partial charge in [0.05, 0.1) is 11.1 Å². The fourth-order valence-electron chi connectivity index (χ4n) is 4.22.